The van der Waals surface area contributed by atoms with Gasteiger partial charge < -0.3 is 28.6 Å². The topological polar surface area (TPSA) is 121 Å². The first-order valence-electron chi connectivity index (χ1n) is 12.0. The Balaban J connectivity index is 1.75. The lowest BCUT2D eigenvalue weighted by molar-refractivity contribution is -0.203. The Morgan fingerprint density at radius 2 is 1.94 bits per heavy atom. The summed E-state index contributed by atoms with van der Waals surface area (Å²) in [5.74, 6) is -2.29. The Morgan fingerprint density at radius 1 is 1.19 bits per heavy atom. The molecule has 4 bridgehead atoms. The van der Waals surface area contributed by atoms with E-state index in [0.29, 0.717) is 17.0 Å². The number of ether oxygens (including phenoxy) is 5. The molecule has 0 unspecified atom stereocenters. The highest BCUT2D eigenvalue weighted by Gasteiger charge is 2.82. The highest BCUT2D eigenvalue weighted by atomic mass is 16.7. The number of carbonyl (C=O) groups excluding carboxylic acids is 4. The summed E-state index contributed by atoms with van der Waals surface area (Å²) in [4.78, 5) is 57.5. The molecule has 7 atom stereocenters. The summed E-state index contributed by atoms with van der Waals surface area (Å²) in [5.41, 5.74) is -2.57. The van der Waals surface area contributed by atoms with Gasteiger partial charge in [0.2, 0.25) is 11.6 Å². The third-order valence-electron chi connectivity index (χ3n) is 8.59. The number of methoxy groups -OCH3 is 2. The average molecular weight is 501 g/mol. The second kappa shape index (κ2) is 7.42. The van der Waals surface area contributed by atoms with Crippen LogP contribution in [0.2, 0.25) is 0 Å². The lowest BCUT2D eigenvalue weighted by Crippen LogP contribution is -2.76. The summed E-state index contributed by atoms with van der Waals surface area (Å²) in [7, 11) is 4.48. The van der Waals surface area contributed by atoms with Gasteiger partial charge in [-0.15, -0.1) is 0 Å². The maximum absolute atomic E-state index is 14.7. The summed E-state index contributed by atoms with van der Waals surface area (Å²) in [6.45, 7) is 3.24. The van der Waals surface area contributed by atoms with Crippen molar-refractivity contribution < 1.29 is 42.9 Å². The Kier molecular flexibility index (Phi) is 4.79. The van der Waals surface area contributed by atoms with Crippen LogP contribution in [-0.2, 0) is 38.8 Å². The van der Waals surface area contributed by atoms with Crippen LogP contribution in [0, 0.1) is 11.8 Å². The van der Waals surface area contributed by atoms with Crippen molar-refractivity contribution in [2.75, 3.05) is 32.7 Å². The fraction of sp³-hybridized carbons (Fsp3) is 0.600. The van der Waals surface area contributed by atoms with Crippen molar-refractivity contribution in [3.8, 4) is 11.5 Å². The van der Waals surface area contributed by atoms with Gasteiger partial charge in [-0.1, -0.05) is 6.07 Å². The number of hydrogen-bond acceptors (Lipinski definition) is 9. The molecule has 11 heteroatoms. The molecule has 1 aromatic carbocycles. The van der Waals surface area contributed by atoms with E-state index in [2.05, 4.69) is 0 Å². The van der Waals surface area contributed by atoms with Crippen LogP contribution in [0.1, 0.15) is 32.3 Å². The van der Waals surface area contributed by atoms with Gasteiger partial charge in [-0.05, 0) is 25.0 Å². The first-order valence-corrected chi connectivity index (χ1v) is 12.0. The zero-order chi connectivity index (χ0) is 25.7. The minimum Gasteiger partial charge on any atom is -0.493 e. The van der Waals surface area contributed by atoms with Crippen molar-refractivity contribution in [3.63, 3.8) is 0 Å². The predicted molar refractivity (Wildman–Crippen MR) is 121 cm³/mol. The number of rotatable bonds is 3. The summed E-state index contributed by atoms with van der Waals surface area (Å²) < 4.78 is 29.4. The van der Waals surface area contributed by atoms with Crippen molar-refractivity contribution in [3.05, 3.63) is 17.7 Å². The van der Waals surface area contributed by atoms with Crippen molar-refractivity contribution in [2.24, 2.45) is 11.8 Å². The molecule has 0 aromatic heterocycles. The minimum atomic E-state index is -1.87. The normalized spacial score (nSPS) is 38.1. The molecular weight excluding hydrogens is 472 g/mol. The molecule has 1 spiro atoms. The lowest BCUT2D eigenvalue weighted by Gasteiger charge is -2.54. The lowest BCUT2D eigenvalue weighted by atomic mass is 9.55. The van der Waals surface area contributed by atoms with E-state index in [1.54, 1.807) is 31.0 Å². The van der Waals surface area contributed by atoms with Crippen LogP contribution in [0.15, 0.2) is 12.1 Å². The minimum absolute atomic E-state index is 0.0275. The van der Waals surface area contributed by atoms with Gasteiger partial charge >= 0.3 is 5.97 Å². The maximum atomic E-state index is 14.7. The van der Waals surface area contributed by atoms with Crippen LogP contribution >= 0.6 is 0 Å². The summed E-state index contributed by atoms with van der Waals surface area (Å²) in [6.07, 6.45) is -2.68. The van der Waals surface area contributed by atoms with E-state index in [-0.39, 0.29) is 36.8 Å². The van der Waals surface area contributed by atoms with Crippen LogP contribution in [0.25, 0.3) is 0 Å². The molecule has 36 heavy (non-hydrogen) atoms. The molecule has 3 fully saturated rings. The summed E-state index contributed by atoms with van der Waals surface area (Å²) in [5, 5.41) is 0. The zero-order valence-electron chi connectivity index (χ0n) is 20.7. The van der Waals surface area contributed by atoms with Crippen molar-refractivity contribution >= 4 is 29.3 Å². The number of hydrogen-bond donors (Lipinski definition) is 0. The van der Waals surface area contributed by atoms with Gasteiger partial charge in [0.25, 0.3) is 12.2 Å². The Hall–Kier alpha value is -3.18. The smallest absolute Gasteiger partial charge is 0.304 e. The molecule has 5 aliphatic rings. The van der Waals surface area contributed by atoms with E-state index in [0.717, 1.165) is 0 Å². The number of ketones is 1. The number of esters is 1. The molecule has 0 radical (unpaired) electrons. The molecule has 6 rings (SSSR count). The van der Waals surface area contributed by atoms with E-state index in [4.69, 9.17) is 23.7 Å². The fourth-order valence-electron chi connectivity index (χ4n) is 7.23. The number of amides is 2. The predicted octanol–water partition coefficient (Wildman–Crippen LogP) is 0.758. The van der Waals surface area contributed by atoms with Gasteiger partial charge in [0.05, 0.1) is 24.8 Å². The fourth-order valence-corrected chi connectivity index (χ4v) is 7.23. The first-order chi connectivity index (χ1) is 17.1. The van der Waals surface area contributed by atoms with E-state index < -0.39 is 53.4 Å². The maximum Gasteiger partial charge on any atom is 0.304 e. The number of anilines is 1. The Bertz CT molecular complexity index is 1220. The van der Waals surface area contributed by atoms with Gasteiger partial charge in [0.1, 0.15) is 11.5 Å². The van der Waals surface area contributed by atoms with Gasteiger partial charge in [0, 0.05) is 40.0 Å². The van der Waals surface area contributed by atoms with E-state index in [1.165, 1.54) is 26.0 Å². The standard InChI is InChI=1S/C25H28N2O9/c1-11-17-13-10-16(29)26(3)9-8-24(20(17)30)14-6-7-15(32-4)19-18(14)27(22(31)23(33-5)35-19)25(24,21(13)34-11)36-12(2)28/h6-7,11,13,17,21,23H,8-10H2,1-5H3/t11-,13+,17+,21-,23+,24+,25+/m1/s1. The SMILES string of the molecule is COc1ccc2c3c1O[C@H](OC)C(=O)N3[C@]1(OC(C)=O)[C@@H]3O[C@H](C)[C@@H]4C(=O)[C@]21CCN(C)C(=O)C[C@@H]43. The first kappa shape index (κ1) is 23.2. The number of fused-ring (bicyclic) bond motifs is 2. The summed E-state index contributed by atoms with van der Waals surface area (Å²) >= 11 is 0. The summed E-state index contributed by atoms with van der Waals surface area (Å²) in [6, 6.07) is 3.39. The van der Waals surface area contributed by atoms with Crippen LogP contribution < -0.4 is 14.4 Å². The zero-order valence-corrected chi connectivity index (χ0v) is 20.7. The largest absolute Gasteiger partial charge is 0.493 e. The number of nitrogens with zero attached hydrogens (tertiary/aromatic N) is 2. The monoisotopic (exact) mass is 500 g/mol. The highest BCUT2D eigenvalue weighted by molar-refractivity contribution is 6.11. The molecule has 0 N–H and O–H groups in total. The Labute approximate surface area is 207 Å². The third-order valence-corrected chi connectivity index (χ3v) is 8.59. The van der Waals surface area contributed by atoms with Crippen LogP contribution in [0.5, 0.6) is 11.5 Å². The average Bonchev–Trinajstić information content (AvgIpc) is 3.28. The number of Topliss-reactive ketones (excluding diaryl/α,β-unsaturated/α-hetero) is 1. The van der Waals surface area contributed by atoms with Gasteiger partial charge in [0.15, 0.2) is 17.3 Å². The highest BCUT2D eigenvalue weighted by Crippen LogP contribution is 2.69. The molecule has 2 saturated heterocycles. The van der Waals surface area contributed by atoms with Crippen LogP contribution in [0.4, 0.5) is 5.69 Å². The van der Waals surface area contributed by atoms with Crippen molar-refractivity contribution in [1.82, 2.24) is 4.90 Å². The van der Waals surface area contributed by atoms with E-state index >= 15 is 0 Å². The van der Waals surface area contributed by atoms with Crippen molar-refractivity contribution in [1.29, 1.82) is 0 Å². The molecule has 2 amide bonds. The molecule has 1 aromatic rings. The molecular formula is C25H28N2O9. The Morgan fingerprint density at radius 3 is 2.61 bits per heavy atom. The number of carbonyl (C=O) groups is 4. The molecule has 11 nitrogen and oxygen atoms in total. The molecule has 1 saturated carbocycles. The molecule has 4 heterocycles. The quantitative estimate of drug-likeness (QED) is 0.554. The van der Waals surface area contributed by atoms with Gasteiger partial charge in [-0.3, -0.25) is 24.1 Å². The number of benzene rings is 1. The van der Waals surface area contributed by atoms with E-state index in [1.807, 2.05) is 0 Å². The van der Waals surface area contributed by atoms with Crippen molar-refractivity contribution in [2.45, 2.75) is 56.3 Å². The molecule has 192 valence electrons. The molecule has 1 aliphatic carbocycles. The van der Waals surface area contributed by atoms with Gasteiger partial charge in [-0.25, -0.2) is 0 Å². The van der Waals surface area contributed by atoms with Crippen LogP contribution in [-0.4, -0.2) is 80.5 Å². The van der Waals surface area contributed by atoms with Crippen LogP contribution in [0.3, 0.4) is 0 Å². The molecule has 4 aliphatic heterocycles. The second-order valence-electron chi connectivity index (χ2n) is 10.1. The van der Waals surface area contributed by atoms with E-state index in [9.17, 15) is 19.2 Å². The third kappa shape index (κ3) is 2.45. The van der Waals surface area contributed by atoms with Gasteiger partial charge in [-0.2, -0.15) is 0 Å². The second-order valence-corrected chi connectivity index (χ2v) is 10.1.